The van der Waals surface area contributed by atoms with Crippen LogP contribution in [-0.4, -0.2) is 64.7 Å². The van der Waals surface area contributed by atoms with Crippen molar-refractivity contribution in [2.45, 2.75) is 6.42 Å². The van der Waals surface area contributed by atoms with Crippen molar-refractivity contribution < 1.29 is 9.18 Å². The van der Waals surface area contributed by atoms with Crippen LogP contribution in [-0.2, 0) is 0 Å². The highest BCUT2D eigenvalue weighted by molar-refractivity contribution is 5.97. The standard InChI is InChI=1S/C29H28FN5O/c30-24-4-6-25(7-5-24)35-20-27(26-18-22(3-8-28(26)35)23-2-1-11-31-19-23)21-9-13-33(14-10-21)16-17-34-15-12-32-29(34)36/h1-9,11,18-20H,10,12-17H2,(H,32,36). The topological polar surface area (TPSA) is 53.4 Å². The van der Waals surface area contributed by atoms with E-state index < -0.39 is 0 Å². The van der Waals surface area contributed by atoms with Crippen LogP contribution in [0.3, 0.4) is 0 Å². The lowest BCUT2D eigenvalue weighted by Crippen LogP contribution is -2.38. The summed E-state index contributed by atoms with van der Waals surface area (Å²) in [6, 6.07) is 17.2. The first-order chi connectivity index (χ1) is 17.7. The van der Waals surface area contributed by atoms with Gasteiger partial charge in [0.2, 0.25) is 0 Å². The average molecular weight is 482 g/mol. The molecule has 0 radical (unpaired) electrons. The first kappa shape index (κ1) is 22.5. The number of rotatable bonds is 6. The van der Waals surface area contributed by atoms with Crippen molar-refractivity contribution >= 4 is 22.5 Å². The van der Waals surface area contributed by atoms with E-state index in [1.54, 1.807) is 6.20 Å². The van der Waals surface area contributed by atoms with Gasteiger partial charge in [-0.3, -0.25) is 9.88 Å². The number of amides is 2. The zero-order chi connectivity index (χ0) is 24.5. The number of aromatic nitrogens is 2. The predicted molar refractivity (Wildman–Crippen MR) is 140 cm³/mol. The van der Waals surface area contributed by atoms with E-state index in [9.17, 15) is 9.18 Å². The van der Waals surface area contributed by atoms with E-state index in [0.717, 1.165) is 68.0 Å². The molecule has 0 spiro atoms. The van der Waals surface area contributed by atoms with Crippen LogP contribution < -0.4 is 5.32 Å². The van der Waals surface area contributed by atoms with Gasteiger partial charge in [0, 0.05) is 80.1 Å². The Balaban J connectivity index is 1.33. The Morgan fingerprint density at radius 2 is 1.89 bits per heavy atom. The van der Waals surface area contributed by atoms with Gasteiger partial charge in [0.1, 0.15) is 5.82 Å². The molecule has 2 aromatic carbocycles. The second kappa shape index (κ2) is 9.59. The summed E-state index contributed by atoms with van der Waals surface area (Å²) in [5.74, 6) is -0.240. The van der Waals surface area contributed by atoms with Gasteiger partial charge in [-0.1, -0.05) is 18.2 Å². The van der Waals surface area contributed by atoms with Gasteiger partial charge in [-0.05, 0) is 60.0 Å². The molecule has 0 bridgehead atoms. The van der Waals surface area contributed by atoms with E-state index in [0.29, 0.717) is 0 Å². The van der Waals surface area contributed by atoms with Gasteiger partial charge in [0.15, 0.2) is 0 Å². The molecule has 0 atom stereocenters. The molecule has 2 amide bonds. The molecule has 1 fully saturated rings. The van der Waals surface area contributed by atoms with Crippen molar-refractivity contribution in [2.24, 2.45) is 0 Å². The minimum atomic E-state index is -0.240. The van der Waals surface area contributed by atoms with Crippen molar-refractivity contribution in [1.29, 1.82) is 0 Å². The minimum absolute atomic E-state index is 0.0428. The molecule has 2 aromatic heterocycles. The van der Waals surface area contributed by atoms with Crippen LogP contribution in [0.4, 0.5) is 9.18 Å². The zero-order valence-electron chi connectivity index (χ0n) is 20.0. The van der Waals surface area contributed by atoms with E-state index in [1.165, 1.54) is 28.7 Å². The fourth-order valence-corrected chi connectivity index (χ4v) is 5.16. The predicted octanol–water partition coefficient (Wildman–Crippen LogP) is 4.95. The number of hydrogen-bond donors (Lipinski definition) is 1. The number of benzene rings is 2. The van der Waals surface area contributed by atoms with Crippen molar-refractivity contribution in [1.82, 2.24) is 24.7 Å². The highest BCUT2D eigenvalue weighted by Gasteiger charge is 2.22. The fourth-order valence-electron chi connectivity index (χ4n) is 5.16. The van der Waals surface area contributed by atoms with E-state index in [4.69, 9.17) is 0 Å². The molecule has 0 aliphatic carbocycles. The minimum Gasteiger partial charge on any atom is -0.336 e. The summed E-state index contributed by atoms with van der Waals surface area (Å²) < 4.78 is 15.8. The SMILES string of the molecule is O=C1NCCN1CCN1CC=C(c2cn(-c3ccc(F)cc3)c3ccc(-c4cccnc4)cc23)CC1. The molecular formula is C29H28FN5O. The molecule has 182 valence electrons. The van der Waals surface area contributed by atoms with Crippen molar-refractivity contribution in [2.75, 3.05) is 39.3 Å². The van der Waals surface area contributed by atoms with Gasteiger partial charge in [-0.15, -0.1) is 0 Å². The zero-order valence-corrected chi connectivity index (χ0v) is 20.0. The molecule has 7 heteroatoms. The van der Waals surface area contributed by atoms with E-state index in [-0.39, 0.29) is 11.8 Å². The van der Waals surface area contributed by atoms with Gasteiger partial charge in [-0.2, -0.15) is 0 Å². The molecule has 1 saturated heterocycles. The van der Waals surface area contributed by atoms with E-state index >= 15 is 0 Å². The number of halogens is 1. The van der Waals surface area contributed by atoms with Gasteiger partial charge >= 0.3 is 6.03 Å². The monoisotopic (exact) mass is 481 g/mol. The smallest absolute Gasteiger partial charge is 0.317 e. The summed E-state index contributed by atoms with van der Waals surface area (Å²) in [7, 11) is 0. The van der Waals surface area contributed by atoms with E-state index in [1.807, 2.05) is 29.3 Å². The molecule has 0 unspecified atom stereocenters. The quantitative estimate of drug-likeness (QED) is 0.424. The maximum Gasteiger partial charge on any atom is 0.317 e. The molecule has 2 aliphatic heterocycles. The van der Waals surface area contributed by atoms with Crippen LogP contribution >= 0.6 is 0 Å². The Morgan fingerprint density at radius 3 is 2.61 bits per heavy atom. The van der Waals surface area contributed by atoms with Crippen LogP contribution in [0.2, 0.25) is 0 Å². The summed E-state index contributed by atoms with van der Waals surface area (Å²) in [4.78, 5) is 20.4. The maximum absolute atomic E-state index is 13.6. The first-order valence-corrected chi connectivity index (χ1v) is 12.4. The van der Waals surface area contributed by atoms with Gasteiger partial charge < -0.3 is 14.8 Å². The van der Waals surface area contributed by atoms with Gasteiger partial charge in [0.05, 0.1) is 5.52 Å². The third kappa shape index (κ3) is 4.38. The third-order valence-electron chi connectivity index (χ3n) is 7.17. The number of nitrogens with zero attached hydrogens (tertiary/aromatic N) is 4. The van der Waals surface area contributed by atoms with E-state index in [2.05, 4.69) is 56.3 Å². The normalized spacial score (nSPS) is 16.4. The highest BCUT2D eigenvalue weighted by atomic mass is 19.1. The van der Waals surface area contributed by atoms with Crippen LogP contribution in [0.15, 0.2) is 79.3 Å². The summed E-state index contributed by atoms with van der Waals surface area (Å²) in [6.45, 7) is 4.97. The van der Waals surface area contributed by atoms with Crippen LogP contribution in [0.1, 0.15) is 12.0 Å². The number of pyridine rings is 1. The summed E-state index contributed by atoms with van der Waals surface area (Å²) in [6.07, 6.45) is 9.10. The van der Waals surface area contributed by atoms with Crippen molar-refractivity contribution in [3.05, 3.63) is 90.6 Å². The number of nitrogens with one attached hydrogen (secondary N) is 1. The molecular weight excluding hydrogens is 453 g/mol. The van der Waals surface area contributed by atoms with Crippen LogP contribution in [0.5, 0.6) is 0 Å². The molecule has 36 heavy (non-hydrogen) atoms. The number of fused-ring (bicyclic) bond motifs is 1. The second-order valence-electron chi connectivity index (χ2n) is 9.36. The van der Waals surface area contributed by atoms with Gasteiger partial charge in [-0.25, -0.2) is 9.18 Å². The molecule has 4 aromatic rings. The summed E-state index contributed by atoms with van der Waals surface area (Å²) >= 11 is 0. The Hall–Kier alpha value is -3.97. The summed E-state index contributed by atoms with van der Waals surface area (Å²) in [5.41, 5.74) is 6.75. The van der Waals surface area contributed by atoms with Crippen molar-refractivity contribution in [3.63, 3.8) is 0 Å². The average Bonchev–Trinajstić information content (AvgIpc) is 3.51. The van der Waals surface area contributed by atoms with Crippen molar-refractivity contribution in [3.8, 4) is 16.8 Å². The number of carbonyl (C=O) groups is 1. The molecule has 6 nitrogen and oxygen atoms in total. The lowest BCUT2D eigenvalue weighted by Gasteiger charge is -2.28. The maximum atomic E-state index is 13.6. The number of hydrogen-bond acceptors (Lipinski definition) is 3. The third-order valence-corrected chi connectivity index (χ3v) is 7.17. The second-order valence-corrected chi connectivity index (χ2v) is 9.36. The Morgan fingerprint density at radius 1 is 1.00 bits per heavy atom. The number of carbonyl (C=O) groups excluding carboxylic acids is 1. The Labute approximate surface area is 209 Å². The summed E-state index contributed by atoms with van der Waals surface area (Å²) in [5, 5.41) is 4.04. The molecule has 0 saturated carbocycles. The molecule has 1 N–H and O–H groups in total. The highest BCUT2D eigenvalue weighted by Crippen LogP contribution is 2.35. The first-order valence-electron chi connectivity index (χ1n) is 12.4. The Kier molecular flexibility index (Phi) is 5.99. The molecule has 6 rings (SSSR count). The lowest BCUT2D eigenvalue weighted by molar-refractivity contribution is 0.205. The van der Waals surface area contributed by atoms with Crippen LogP contribution in [0, 0.1) is 5.82 Å². The Bertz CT molecular complexity index is 1430. The lowest BCUT2D eigenvalue weighted by atomic mass is 9.97. The largest absolute Gasteiger partial charge is 0.336 e. The number of urea groups is 1. The van der Waals surface area contributed by atoms with Crippen LogP contribution in [0.25, 0.3) is 33.3 Å². The fraction of sp³-hybridized carbons (Fsp3) is 0.241. The molecule has 4 heterocycles. The van der Waals surface area contributed by atoms with Gasteiger partial charge in [0.25, 0.3) is 0 Å². The molecule has 2 aliphatic rings.